The van der Waals surface area contributed by atoms with Gasteiger partial charge in [0.25, 0.3) is 0 Å². The van der Waals surface area contributed by atoms with E-state index in [1.165, 1.54) is 29.3 Å². The Kier molecular flexibility index (Phi) is 4.08. The third-order valence-electron chi connectivity index (χ3n) is 4.33. The summed E-state index contributed by atoms with van der Waals surface area (Å²) in [5, 5.41) is 4.96. The molecule has 0 bridgehead atoms. The predicted octanol–water partition coefficient (Wildman–Crippen LogP) is 3.11. The first-order valence-corrected chi connectivity index (χ1v) is 7.65. The van der Waals surface area contributed by atoms with Crippen molar-refractivity contribution < 1.29 is 4.74 Å². The molecule has 3 nitrogen and oxygen atoms in total. The van der Waals surface area contributed by atoms with Crippen LogP contribution in [0.15, 0.2) is 30.5 Å². The highest BCUT2D eigenvalue weighted by molar-refractivity contribution is 5.83. The van der Waals surface area contributed by atoms with Crippen LogP contribution in [-0.4, -0.2) is 29.9 Å². The van der Waals surface area contributed by atoms with Crippen molar-refractivity contribution in [2.75, 3.05) is 13.2 Å². The number of fused-ring (bicyclic) bond motifs is 1. The Morgan fingerprint density at radius 2 is 2.25 bits per heavy atom. The Balaban J connectivity index is 1.60. The van der Waals surface area contributed by atoms with E-state index in [2.05, 4.69) is 54.2 Å². The van der Waals surface area contributed by atoms with Crippen molar-refractivity contribution in [3.05, 3.63) is 36.0 Å². The van der Waals surface area contributed by atoms with Crippen LogP contribution in [0.1, 0.15) is 25.3 Å². The van der Waals surface area contributed by atoms with Crippen molar-refractivity contribution in [1.29, 1.82) is 0 Å². The molecule has 0 saturated carbocycles. The molecule has 1 aromatic heterocycles. The van der Waals surface area contributed by atoms with E-state index in [1.807, 2.05) is 0 Å². The van der Waals surface area contributed by atoms with Crippen LogP contribution in [-0.2, 0) is 11.3 Å². The molecule has 1 N–H and O–H groups in total. The van der Waals surface area contributed by atoms with Gasteiger partial charge >= 0.3 is 0 Å². The summed E-state index contributed by atoms with van der Waals surface area (Å²) in [4.78, 5) is 0. The summed E-state index contributed by atoms with van der Waals surface area (Å²) in [6, 6.07) is 9.06. The summed E-state index contributed by atoms with van der Waals surface area (Å²) in [5.41, 5.74) is 2.68. The number of aromatic nitrogens is 1. The fraction of sp³-hybridized carbons (Fsp3) is 0.529. The van der Waals surface area contributed by atoms with Crippen LogP contribution in [0.3, 0.4) is 0 Å². The number of nitrogens with one attached hydrogen (secondary N) is 1. The Morgan fingerprint density at radius 1 is 1.40 bits per heavy atom. The minimum Gasteiger partial charge on any atom is -0.377 e. The number of nitrogens with zero attached hydrogens (tertiary/aromatic N) is 1. The van der Waals surface area contributed by atoms with Gasteiger partial charge in [-0.25, -0.2) is 0 Å². The van der Waals surface area contributed by atoms with Crippen molar-refractivity contribution in [2.24, 2.45) is 0 Å². The maximum absolute atomic E-state index is 5.72. The van der Waals surface area contributed by atoms with E-state index in [4.69, 9.17) is 4.74 Å². The van der Waals surface area contributed by atoms with Gasteiger partial charge in [-0.15, -0.1) is 0 Å². The van der Waals surface area contributed by atoms with Crippen molar-refractivity contribution >= 4 is 10.9 Å². The van der Waals surface area contributed by atoms with Crippen LogP contribution in [0.4, 0.5) is 0 Å². The van der Waals surface area contributed by atoms with Crippen LogP contribution in [0.25, 0.3) is 10.9 Å². The van der Waals surface area contributed by atoms with Gasteiger partial charge in [-0.1, -0.05) is 18.2 Å². The Morgan fingerprint density at radius 3 is 3.05 bits per heavy atom. The molecule has 3 rings (SSSR count). The molecule has 2 aromatic rings. The highest BCUT2D eigenvalue weighted by atomic mass is 16.5. The van der Waals surface area contributed by atoms with Gasteiger partial charge in [0.15, 0.2) is 0 Å². The molecule has 0 aliphatic carbocycles. The lowest BCUT2D eigenvalue weighted by atomic mass is 10.1. The van der Waals surface area contributed by atoms with Crippen molar-refractivity contribution in [3.8, 4) is 0 Å². The molecular weight excluding hydrogens is 248 g/mol. The second-order valence-electron chi connectivity index (χ2n) is 5.82. The van der Waals surface area contributed by atoms with Gasteiger partial charge in [-0.05, 0) is 38.3 Å². The average Bonchev–Trinajstić information content (AvgIpc) is 3.09. The molecular formula is C17H24N2O. The number of ether oxygens (including phenoxy) is 1. The second-order valence-corrected chi connectivity index (χ2v) is 5.82. The Labute approximate surface area is 120 Å². The molecule has 20 heavy (non-hydrogen) atoms. The second kappa shape index (κ2) is 5.98. The molecule has 3 heteroatoms. The molecule has 1 aliphatic heterocycles. The topological polar surface area (TPSA) is 26.2 Å². The first kappa shape index (κ1) is 13.7. The maximum atomic E-state index is 5.72. The zero-order valence-electron chi connectivity index (χ0n) is 12.4. The summed E-state index contributed by atoms with van der Waals surface area (Å²) in [6.45, 7) is 7.33. The molecule has 0 spiro atoms. The van der Waals surface area contributed by atoms with E-state index in [0.29, 0.717) is 12.1 Å². The molecule has 0 amide bonds. The van der Waals surface area contributed by atoms with Crippen molar-refractivity contribution in [1.82, 2.24) is 9.88 Å². The first-order valence-electron chi connectivity index (χ1n) is 7.65. The van der Waals surface area contributed by atoms with Crippen molar-refractivity contribution in [3.63, 3.8) is 0 Å². The van der Waals surface area contributed by atoms with E-state index in [0.717, 1.165) is 19.7 Å². The molecule has 1 fully saturated rings. The van der Waals surface area contributed by atoms with Gasteiger partial charge in [0.2, 0.25) is 0 Å². The normalized spacial score (nSPS) is 20.6. The highest BCUT2D eigenvalue weighted by Crippen LogP contribution is 2.20. The molecule has 0 radical (unpaired) electrons. The minimum atomic E-state index is 0.401. The SMILES string of the molecule is Cc1cn(CCNC(C)C2CCCO2)c2ccccc12. The number of aryl methyl sites for hydroxylation is 1. The van der Waals surface area contributed by atoms with Gasteiger partial charge in [0.1, 0.15) is 0 Å². The number of hydrogen-bond acceptors (Lipinski definition) is 2. The van der Waals surface area contributed by atoms with Crippen molar-refractivity contribution in [2.45, 2.75) is 45.4 Å². The molecule has 2 heterocycles. The maximum Gasteiger partial charge on any atom is 0.0726 e. The zero-order valence-corrected chi connectivity index (χ0v) is 12.4. The zero-order chi connectivity index (χ0) is 13.9. The predicted molar refractivity (Wildman–Crippen MR) is 83.1 cm³/mol. The lowest BCUT2D eigenvalue weighted by molar-refractivity contribution is 0.0835. The summed E-state index contributed by atoms with van der Waals surface area (Å²) >= 11 is 0. The Hall–Kier alpha value is -1.32. The Bertz CT molecular complexity index is 569. The number of hydrogen-bond donors (Lipinski definition) is 1. The third-order valence-corrected chi connectivity index (χ3v) is 4.33. The molecule has 1 aromatic carbocycles. The smallest absolute Gasteiger partial charge is 0.0726 e. The van der Waals surface area contributed by atoms with Crippen LogP contribution < -0.4 is 5.32 Å². The van der Waals surface area contributed by atoms with Gasteiger partial charge in [-0.3, -0.25) is 0 Å². The lowest BCUT2D eigenvalue weighted by Crippen LogP contribution is -2.38. The first-order chi connectivity index (χ1) is 9.75. The highest BCUT2D eigenvalue weighted by Gasteiger charge is 2.21. The number of benzene rings is 1. The average molecular weight is 272 g/mol. The molecule has 108 valence electrons. The number of rotatable bonds is 5. The van der Waals surface area contributed by atoms with Gasteiger partial charge in [0.05, 0.1) is 6.10 Å². The van der Waals surface area contributed by atoms with E-state index < -0.39 is 0 Å². The van der Waals surface area contributed by atoms with Gasteiger partial charge in [0, 0.05) is 42.8 Å². The largest absolute Gasteiger partial charge is 0.377 e. The van der Waals surface area contributed by atoms with E-state index in [-0.39, 0.29) is 0 Å². The van der Waals surface area contributed by atoms with Gasteiger partial charge in [-0.2, -0.15) is 0 Å². The summed E-state index contributed by atoms with van der Waals surface area (Å²) in [5.74, 6) is 0. The summed E-state index contributed by atoms with van der Waals surface area (Å²) in [6.07, 6.45) is 5.05. The monoisotopic (exact) mass is 272 g/mol. The van der Waals surface area contributed by atoms with E-state index in [1.54, 1.807) is 0 Å². The van der Waals surface area contributed by atoms with Crippen LogP contribution in [0.2, 0.25) is 0 Å². The van der Waals surface area contributed by atoms with Crippen LogP contribution in [0, 0.1) is 6.92 Å². The molecule has 1 saturated heterocycles. The van der Waals surface area contributed by atoms with Crippen LogP contribution in [0.5, 0.6) is 0 Å². The standard InChI is InChI=1S/C17H24N2O/c1-13-12-19(16-7-4-3-6-15(13)16)10-9-18-14(2)17-8-5-11-20-17/h3-4,6-7,12,14,17-18H,5,8-11H2,1-2H3. The molecule has 2 atom stereocenters. The quantitative estimate of drug-likeness (QED) is 0.905. The third kappa shape index (κ3) is 2.74. The van der Waals surface area contributed by atoms with E-state index in [9.17, 15) is 0 Å². The van der Waals surface area contributed by atoms with Gasteiger partial charge < -0.3 is 14.6 Å². The minimum absolute atomic E-state index is 0.401. The molecule has 1 aliphatic rings. The lowest BCUT2D eigenvalue weighted by Gasteiger charge is -2.20. The van der Waals surface area contributed by atoms with E-state index >= 15 is 0 Å². The van der Waals surface area contributed by atoms with Crippen LogP contribution >= 0.6 is 0 Å². The fourth-order valence-electron chi connectivity index (χ4n) is 3.16. The fourth-order valence-corrected chi connectivity index (χ4v) is 3.16. The summed E-state index contributed by atoms with van der Waals surface area (Å²) in [7, 11) is 0. The summed E-state index contributed by atoms with van der Waals surface area (Å²) < 4.78 is 8.07. The number of para-hydroxylation sites is 1. The molecule has 2 unspecified atom stereocenters.